The molecule has 4 fully saturated rings. The highest BCUT2D eigenvalue weighted by molar-refractivity contribution is 5.79. The molecule has 0 atom stereocenters. The van der Waals surface area contributed by atoms with E-state index < -0.39 is 11.0 Å². The van der Waals surface area contributed by atoms with E-state index in [1.165, 1.54) is 5.56 Å². The first kappa shape index (κ1) is 29.2. The van der Waals surface area contributed by atoms with Crippen LogP contribution < -0.4 is 0 Å². The topological polar surface area (TPSA) is 101 Å². The van der Waals surface area contributed by atoms with Crippen LogP contribution in [-0.2, 0) is 21.5 Å². The van der Waals surface area contributed by atoms with Gasteiger partial charge >= 0.3 is 6.09 Å². The molecular formula is C35H41N5O3. The summed E-state index contributed by atoms with van der Waals surface area (Å²) in [7, 11) is 0. The first-order valence-electron chi connectivity index (χ1n) is 15.9. The van der Waals surface area contributed by atoms with Crippen molar-refractivity contribution >= 4 is 12.0 Å². The van der Waals surface area contributed by atoms with E-state index >= 15 is 0 Å². The number of hydrogen-bond acceptors (Lipinski definition) is 6. The Kier molecular flexibility index (Phi) is 8.41. The number of nitrogens with zero attached hydrogens (tertiary/aromatic N) is 5. The second-order valence-corrected chi connectivity index (χ2v) is 13.1. The summed E-state index contributed by atoms with van der Waals surface area (Å²) in [5.41, 5.74) is 2.03. The summed E-state index contributed by atoms with van der Waals surface area (Å²) in [5, 5.41) is 19.0. The van der Waals surface area contributed by atoms with E-state index in [0.29, 0.717) is 50.5 Å². The molecule has 3 heterocycles. The normalized spacial score (nSPS) is 25.1. The van der Waals surface area contributed by atoms with Gasteiger partial charge < -0.3 is 14.5 Å². The van der Waals surface area contributed by atoms with Crippen LogP contribution in [0.1, 0.15) is 68.1 Å². The van der Waals surface area contributed by atoms with E-state index in [1.807, 2.05) is 64.4 Å². The summed E-state index contributed by atoms with van der Waals surface area (Å²) < 4.78 is 6.01. The van der Waals surface area contributed by atoms with Crippen molar-refractivity contribution < 1.29 is 14.3 Å². The van der Waals surface area contributed by atoms with Gasteiger partial charge in [-0.1, -0.05) is 42.5 Å². The number of carbonyl (C=O) groups excluding carboxylic acids is 2. The zero-order chi connectivity index (χ0) is 29.9. The maximum atomic E-state index is 13.4. The van der Waals surface area contributed by atoms with Crippen molar-refractivity contribution in [3.05, 3.63) is 71.3 Å². The molecule has 8 nitrogen and oxygen atoms in total. The molecule has 1 saturated carbocycles. The molecule has 2 amide bonds. The van der Waals surface area contributed by atoms with E-state index in [0.717, 1.165) is 63.7 Å². The van der Waals surface area contributed by atoms with Crippen LogP contribution in [0, 0.1) is 34.5 Å². The molecule has 1 spiro atoms. The number of amides is 2. The van der Waals surface area contributed by atoms with Gasteiger partial charge in [-0.25, -0.2) is 4.79 Å². The van der Waals surface area contributed by atoms with Gasteiger partial charge in [0.05, 0.1) is 29.7 Å². The number of hydrogen-bond donors (Lipinski definition) is 0. The molecule has 0 unspecified atom stereocenters. The third-order valence-electron chi connectivity index (χ3n) is 10.4. The summed E-state index contributed by atoms with van der Waals surface area (Å²) in [6.07, 6.45) is 6.46. The molecule has 0 N–H and O–H groups in total. The van der Waals surface area contributed by atoms with Gasteiger partial charge in [-0.05, 0) is 67.7 Å². The fourth-order valence-corrected chi connectivity index (χ4v) is 7.65. The summed E-state index contributed by atoms with van der Waals surface area (Å²) in [4.78, 5) is 32.6. The number of piperidine rings is 2. The van der Waals surface area contributed by atoms with E-state index in [-0.39, 0.29) is 17.9 Å². The van der Waals surface area contributed by atoms with Crippen LogP contribution in [0.5, 0.6) is 0 Å². The van der Waals surface area contributed by atoms with Crippen molar-refractivity contribution in [1.82, 2.24) is 14.7 Å². The number of likely N-dealkylation sites (tertiary alicyclic amines) is 2. The third kappa shape index (κ3) is 6.26. The molecule has 0 bridgehead atoms. The maximum Gasteiger partial charge on any atom is 0.410 e. The van der Waals surface area contributed by atoms with Crippen LogP contribution in [0.15, 0.2) is 54.6 Å². The van der Waals surface area contributed by atoms with Crippen molar-refractivity contribution in [2.45, 2.75) is 68.9 Å². The van der Waals surface area contributed by atoms with E-state index in [1.54, 1.807) is 0 Å². The second-order valence-electron chi connectivity index (χ2n) is 13.1. The highest BCUT2D eigenvalue weighted by Crippen LogP contribution is 2.39. The predicted molar refractivity (Wildman–Crippen MR) is 161 cm³/mol. The smallest absolute Gasteiger partial charge is 0.410 e. The summed E-state index contributed by atoms with van der Waals surface area (Å²) >= 11 is 0. The molecular weight excluding hydrogens is 538 g/mol. The van der Waals surface area contributed by atoms with Crippen molar-refractivity contribution in [2.24, 2.45) is 11.8 Å². The maximum absolute atomic E-state index is 13.4. The quantitative estimate of drug-likeness (QED) is 0.464. The van der Waals surface area contributed by atoms with Gasteiger partial charge in [-0.3, -0.25) is 9.69 Å². The van der Waals surface area contributed by atoms with Crippen LogP contribution in [0.3, 0.4) is 0 Å². The molecule has 2 aromatic carbocycles. The molecule has 6 rings (SSSR count). The minimum Gasteiger partial charge on any atom is -0.441 e. The Labute approximate surface area is 254 Å². The van der Waals surface area contributed by atoms with Gasteiger partial charge in [-0.2, -0.15) is 10.5 Å². The first-order chi connectivity index (χ1) is 20.9. The molecule has 224 valence electrons. The fraction of sp³-hybridized carbons (Fsp3) is 0.543. The van der Waals surface area contributed by atoms with Gasteiger partial charge in [0, 0.05) is 58.0 Å². The first-order valence-corrected chi connectivity index (χ1v) is 15.9. The van der Waals surface area contributed by atoms with Crippen molar-refractivity contribution in [3.8, 4) is 12.1 Å². The average Bonchev–Trinajstić information content (AvgIpc) is 3.36. The van der Waals surface area contributed by atoms with E-state index in [4.69, 9.17) is 10.00 Å². The third-order valence-corrected chi connectivity index (χ3v) is 10.4. The SMILES string of the molecule is N#Cc1ccc(CN2CCC3(CC2)CN(CC2CCC(C(=O)N4CCC(C#N)(c5ccccc5)CC4)CC2)C(=O)O3)cc1. The monoisotopic (exact) mass is 579 g/mol. The highest BCUT2D eigenvalue weighted by atomic mass is 16.6. The largest absolute Gasteiger partial charge is 0.441 e. The molecule has 43 heavy (non-hydrogen) atoms. The van der Waals surface area contributed by atoms with Gasteiger partial charge in [0.1, 0.15) is 5.60 Å². The fourth-order valence-electron chi connectivity index (χ4n) is 7.65. The lowest BCUT2D eigenvalue weighted by molar-refractivity contribution is -0.138. The van der Waals surface area contributed by atoms with Crippen molar-refractivity contribution in [2.75, 3.05) is 39.3 Å². The Balaban J connectivity index is 0.941. The molecule has 3 aliphatic heterocycles. The number of rotatable bonds is 6. The molecule has 0 aromatic heterocycles. The van der Waals surface area contributed by atoms with Crippen LogP contribution in [0.25, 0.3) is 0 Å². The standard InChI is InChI=1S/C35H41N5O3/c36-22-27-6-8-28(9-7-27)23-38-18-16-35(17-19-38)26-40(33(42)43-35)24-29-10-12-30(13-11-29)32(41)39-20-14-34(25-37,15-21-39)31-4-2-1-3-5-31/h1-9,29-30H,10-21,23-24,26H2. The Morgan fingerprint density at radius 3 is 2.19 bits per heavy atom. The lowest BCUT2D eigenvalue weighted by Crippen LogP contribution is -2.47. The Bertz CT molecular complexity index is 1370. The van der Waals surface area contributed by atoms with E-state index in [9.17, 15) is 14.9 Å². The number of carbonyl (C=O) groups is 2. The van der Waals surface area contributed by atoms with Crippen LogP contribution in [-0.4, -0.2) is 71.6 Å². The Morgan fingerprint density at radius 1 is 0.884 bits per heavy atom. The average molecular weight is 580 g/mol. The van der Waals surface area contributed by atoms with Crippen LogP contribution in [0.4, 0.5) is 4.79 Å². The molecule has 4 aliphatic rings. The Morgan fingerprint density at radius 2 is 1.56 bits per heavy atom. The van der Waals surface area contributed by atoms with Crippen molar-refractivity contribution in [3.63, 3.8) is 0 Å². The summed E-state index contributed by atoms with van der Waals surface area (Å²) in [6.45, 7) is 5.23. The second kappa shape index (κ2) is 12.4. The minimum absolute atomic E-state index is 0.0415. The number of nitriles is 2. The summed E-state index contributed by atoms with van der Waals surface area (Å²) in [5.74, 6) is 0.680. The van der Waals surface area contributed by atoms with Crippen molar-refractivity contribution in [1.29, 1.82) is 10.5 Å². The zero-order valence-electron chi connectivity index (χ0n) is 24.9. The molecule has 2 aromatic rings. The number of benzene rings is 2. The van der Waals surface area contributed by atoms with E-state index in [2.05, 4.69) is 17.0 Å². The molecule has 0 radical (unpaired) electrons. The van der Waals surface area contributed by atoms with Gasteiger partial charge in [0.25, 0.3) is 0 Å². The number of ether oxygens (including phenoxy) is 1. The lowest BCUT2D eigenvalue weighted by Gasteiger charge is -2.40. The minimum atomic E-state index is -0.501. The highest BCUT2D eigenvalue weighted by Gasteiger charge is 2.47. The van der Waals surface area contributed by atoms with Gasteiger partial charge in [0.2, 0.25) is 5.91 Å². The van der Waals surface area contributed by atoms with Gasteiger partial charge in [-0.15, -0.1) is 0 Å². The van der Waals surface area contributed by atoms with Crippen LogP contribution in [0.2, 0.25) is 0 Å². The molecule has 3 saturated heterocycles. The lowest BCUT2D eigenvalue weighted by atomic mass is 9.73. The molecule has 8 heteroatoms. The summed E-state index contributed by atoms with van der Waals surface area (Å²) in [6, 6.07) is 22.5. The van der Waals surface area contributed by atoms with Gasteiger partial charge in [0.15, 0.2) is 0 Å². The van der Waals surface area contributed by atoms with Crippen LogP contribution >= 0.6 is 0 Å². The zero-order valence-corrected chi connectivity index (χ0v) is 24.9. The molecule has 1 aliphatic carbocycles. The Hall–Kier alpha value is -3.88. The predicted octanol–water partition coefficient (Wildman–Crippen LogP) is 5.24.